The van der Waals surface area contributed by atoms with Crippen LogP contribution in [0.15, 0.2) is 12.1 Å². The van der Waals surface area contributed by atoms with E-state index in [4.69, 9.17) is 0 Å². The highest BCUT2D eigenvalue weighted by Crippen LogP contribution is 2.15. The molecule has 1 aliphatic heterocycles. The van der Waals surface area contributed by atoms with Gasteiger partial charge in [0, 0.05) is 5.69 Å². The second kappa shape index (κ2) is 2.38. The molecule has 0 aromatic carbocycles. The zero-order valence-corrected chi connectivity index (χ0v) is 7.17. The van der Waals surface area contributed by atoms with Crippen LogP contribution in [0, 0.1) is 6.92 Å². The number of hydrogen-bond acceptors (Lipinski definition) is 0. The molecule has 1 atom stereocenters. The Labute approximate surface area is 67.2 Å². The van der Waals surface area contributed by atoms with E-state index in [1.54, 1.807) is 0 Å². The lowest BCUT2D eigenvalue weighted by molar-refractivity contribution is -0.699. The molecule has 1 aromatic rings. The Bertz CT molecular complexity index is 263. The van der Waals surface area contributed by atoms with Gasteiger partial charge in [0.15, 0.2) is 0 Å². The fourth-order valence-corrected chi connectivity index (χ4v) is 1.87. The van der Waals surface area contributed by atoms with Crippen molar-refractivity contribution in [3.05, 3.63) is 23.5 Å². The van der Waals surface area contributed by atoms with Crippen molar-refractivity contribution in [2.75, 3.05) is 6.54 Å². The molecule has 0 spiro atoms. The first-order valence-corrected chi connectivity index (χ1v) is 4.28. The standard InChI is InChI=1S/C9H14N2/c1-7-3-4-9-8(2)10-5-6-11(7)9/h3-4,8,10H,5-6H2,1-2H3/p+1/t8-/m1/s1. The average Bonchev–Trinajstić information content (AvgIpc) is 2.35. The molecular weight excluding hydrogens is 136 g/mol. The molecule has 0 aliphatic carbocycles. The maximum absolute atomic E-state index is 2.42. The summed E-state index contributed by atoms with van der Waals surface area (Å²) in [4.78, 5) is 0. The summed E-state index contributed by atoms with van der Waals surface area (Å²) in [5.41, 5.74) is 2.88. The van der Waals surface area contributed by atoms with Crippen molar-refractivity contribution in [1.29, 1.82) is 0 Å². The maximum atomic E-state index is 2.42. The third kappa shape index (κ3) is 0.979. The lowest BCUT2D eigenvalue weighted by atomic mass is 10.2. The predicted octanol–water partition coefficient (Wildman–Crippen LogP) is 0.435. The molecule has 2 heterocycles. The SMILES string of the molecule is Cc1ccc2n1CC[NH2+][C@@H]2C. The third-order valence-corrected chi connectivity index (χ3v) is 2.57. The Morgan fingerprint density at radius 2 is 2.36 bits per heavy atom. The van der Waals surface area contributed by atoms with Gasteiger partial charge in [0.05, 0.1) is 18.8 Å². The van der Waals surface area contributed by atoms with Crippen LogP contribution in [-0.4, -0.2) is 11.1 Å². The summed E-state index contributed by atoms with van der Waals surface area (Å²) >= 11 is 0. The second-order valence-electron chi connectivity index (χ2n) is 3.36. The van der Waals surface area contributed by atoms with Crippen molar-refractivity contribution in [3.8, 4) is 0 Å². The lowest BCUT2D eigenvalue weighted by Crippen LogP contribution is -2.87. The molecule has 0 radical (unpaired) electrons. The summed E-state index contributed by atoms with van der Waals surface area (Å²) in [7, 11) is 0. The number of nitrogens with two attached hydrogens (primary N) is 1. The van der Waals surface area contributed by atoms with Gasteiger partial charge in [-0.15, -0.1) is 0 Å². The molecule has 0 unspecified atom stereocenters. The van der Waals surface area contributed by atoms with Crippen molar-refractivity contribution in [2.24, 2.45) is 0 Å². The Hall–Kier alpha value is -0.760. The molecule has 0 amide bonds. The zero-order valence-electron chi connectivity index (χ0n) is 7.17. The summed E-state index contributed by atoms with van der Waals surface area (Å²) < 4.78 is 2.42. The van der Waals surface area contributed by atoms with E-state index < -0.39 is 0 Å². The number of rotatable bonds is 0. The van der Waals surface area contributed by atoms with Gasteiger partial charge in [-0.25, -0.2) is 0 Å². The molecule has 2 heteroatoms. The summed E-state index contributed by atoms with van der Waals surface area (Å²) in [6.45, 7) is 6.86. The van der Waals surface area contributed by atoms with Crippen molar-refractivity contribution >= 4 is 0 Å². The minimum Gasteiger partial charge on any atom is -0.338 e. The highest BCUT2D eigenvalue weighted by atomic mass is 15.1. The summed E-state index contributed by atoms with van der Waals surface area (Å²) in [5, 5.41) is 2.40. The van der Waals surface area contributed by atoms with E-state index in [1.807, 2.05) is 0 Å². The van der Waals surface area contributed by atoms with E-state index in [0.29, 0.717) is 6.04 Å². The molecule has 1 aromatic heterocycles. The van der Waals surface area contributed by atoms with Gasteiger partial charge < -0.3 is 9.88 Å². The minimum absolute atomic E-state index is 0.650. The number of aryl methyl sites for hydroxylation is 1. The average molecular weight is 151 g/mol. The van der Waals surface area contributed by atoms with E-state index in [0.717, 1.165) is 0 Å². The Morgan fingerprint density at radius 1 is 1.55 bits per heavy atom. The normalized spacial score (nSPS) is 23.3. The number of quaternary nitrogens is 1. The van der Waals surface area contributed by atoms with Crippen LogP contribution in [-0.2, 0) is 6.54 Å². The van der Waals surface area contributed by atoms with Gasteiger partial charge in [-0.2, -0.15) is 0 Å². The molecule has 2 N–H and O–H groups in total. The smallest absolute Gasteiger partial charge is 0.124 e. The van der Waals surface area contributed by atoms with E-state index in [2.05, 4.69) is 35.9 Å². The van der Waals surface area contributed by atoms with Crippen LogP contribution < -0.4 is 5.32 Å². The molecule has 60 valence electrons. The number of hydrogen-bond donors (Lipinski definition) is 1. The lowest BCUT2D eigenvalue weighted by Gasteiger charge is -2.21. The van der Waals surface area contributed by atoms with Gasteiger partial charge in [0.2, 0.25) is 0 Å². The van der Waals surface area contributed by atoms with Gasteiger partial charge >= 0.3 is 0 Å². The zero-order chi connectivity index (χ0) is 7.84. The fraction of sp³-hybridized carbons (Fsp3) is 0.556. The predicted molar refractivity (Wildman–Crippen MR) is 44.4 cm³/mol. The number of aromatic nitrogens is 1. The molecule has 0 saturated carbocycles. The maximum Gasteiger partial charge on any atom is 0.124 e. The second-order valence-corrected chi connectivity index (χ2v) is 3.36. The van der Waals surface area contributed by atoms with Crippen LogP contribution in [0.4, 0.5) is 0 Å². The molecule has 2 rings (SSSR count). The Kier molecular flexibility index (Phi) is 1.50. The largest absolute Gasteiger partial charge is 0.338 e. The van der Waals surface area contributed by atoms with Crippen LogP contribution in [0.25, 0.3) is 0 Å². The summed E-state index contributed by atoms with van der Waals surface area (Å²) in [5.74, 6) is 0. The van der Waals surface area contributed by atoms with Crippen LogP contribution in [0.1, 0.15) is 24.4 Å². The van der Waals surface area contributed by atoms with Crippen molar-refractivity contribution in [1.82, 2.24) is 4.57 Å². The molecule has 2 nitrogen and oxygen atoms in total. The van der Waals surface area contributed by atoms with E-state index in [9.17, 15) is 0 Å². The van der Waals surface area contributed by atoms with E-state index in [1.165, 1.54) is 24.5 Å². The van der Waals surface area contributed by atoms with E-state index >= 15 is 0 Å². The molecular formula is C9H15N2+. The molecule has 0 bridgehead atoms. The third-order valence-electron chi connectivity index (χ3n) is 2.57. The topological polar surface area (TPSA) is 21.5 Å². The first-order chi connectivity index (χ1) is 5.29. The molecule has 11 heavy (non-hydrogen) atoms. The Balaban J connectivity index is 2.46. The Morgan fingerprint density at radius 3 is 3.09 bits per heavy atom. The number of nitrogens with zero attached hydrogens (tertiary/aromatic N) is 1. The van der Waals surface area contributed by atoms with Gasteiger partial charge in [-0.1, -0.05) is 0 Å². The monoisotopic (exact) mass is 151 g/mol. The fourth-order valence-electron chi connectivity index (χ4n) is 1.87. The van der Waals surface area contributed by atoms with Gasteiger partial charge in [-0.3, -0.25) is 0 Å². The van der Waals surface area contributed by atoms with Crippen LogP contribution in [0.3, 0.4) is 0 Å². The van der Waals surface area contributed by atoms with Crippen molar-refractivity contribution in [2.45, 2.75) is 26.4 Å². The molecule has 0 saturated heterocycles. The minimum atomic E-state index is 0.650. The first-order valence-electron chi connectivity index (χ1n) is 4.28. The van der Waals surface area contributed by atoms with Crippen molar-refractivity contribution in [3.63, 3.8) is 0 Å². The highest BCUT2D eigenvalue weighted by Gasteiger charge is 2.18. The van der Waals surface area contributed by atoms with Crippen LogP contribution >= 0.6 is 0 Å². The molecule has 0 fully saturated rings. The first kappa shape index (κ1) is 6.92. The van der Waals surface area contributed by atoms with Gasteiger partial charge in [0.1, 0.15) is 6.04 Å². The van der Waals surface area contributed by atoms with E-state index in [-0.39, 0.29) is 0 Å². The highest BCUT2D eigenvalue weighted by molar-refractivity contribution is 5.17. The summed E-state index contributed by atoms with van der Waals surface area (Å²) in [6, 6.07) is 5.11. The van der Waals surface area contributed by atoms with Crippen molar-refractivity contribution < 1.29 is 5.32 Å². The van der Waals surface area contributed by atoms with Crippen LogP contribution in [0.2, 0.25) is 0 Å². The quantitative estimate of drug-likeness (QED) is 0.555. The molecule has 1 aliphatic rings. The van der Waals surface area contributed by atoms with Crippen LogP contribution in [0.5, 0.6) is 0 Å². The summed E-state index contributed by atoms with van der Waals surface area (Å²) in [6.07, 6.45) is 0. The number of fused-ring (bicyclic) bond motifs is 1. The van der Waals surface area contributed by atoms with Gasteiger partial charge in [0.25, 0.3) is 0 Å². The van der Waals surface area contributed by atoms with Gasteiger partial charge in [-0.05, 0) is 26.0 Å².